The predicted octanol–water partition coefficient (Wildman–Crippen LogP) is 4.43. The Labute approximate surface area is 147 Å². The topological polar surface area (TPSA) is 46.5 Å². The van der Waals surface area contributed by atoms with Crippen molar-refractivity contribution in [3.05, 3.63) is 47.0 Å². The first-order chi connectivity index (χ1) is 10.8. The molecule has 1 aromatic carbocycles. The molecule has 0 saturated carbocycles. The number of ether oxygens (including phenoxy) is 1. The largest absolute Gasteiger partial charge is 0.387 e. The van der Waals surface area contributed by atoms with Gasteiger partial charge in [0.25, 0.3) is 0 Å². The average molecular weight is 335 g/mol. The number of benzene rings is 1. The summed E-state index contributed by atoms with van der Waals surface area (Å²) in [6.45, 7) is 16.8. The van der Waals surface area contributed by atoms with Crippen LogP contribution in [-0.4, -0.2) is 29.2 Å². The third-order valence-corrected chi connectivity index (χ3v) is 4.28. The van der Waals surface area contributed by atoms with E-state index >= 15 is 0 Å². The molecule has 0 aliphatic rings. The molecule has 0 aromatic heterocycles. The number of aryl methyl sites for hydroxylation is 1. The molecule has 24 heavy (non-hydrogen) atoms. The standard InChI is InChI=1S/C14H18O.C7H16O2/c1-10(2)7-14-8-11(3)5-6-13(14)9-12(4)15;1-6(2,8)7(3,4)9-5/h5-6,8H,1,7,9H2,2-4H3;8H,1-5H3. The van der Waals surface area contributed by atoms with Crippen LogP contribution in [0.4, 0.5) is 0 Å². The van der Waals surface area contributed by atoms with E-state index in [1.807, 2.05) is 20.8 Å². The second kappa shape index (κ2) is 9.14. The van der Waals surface area contributed by atoms with Crippen LogP contribution in [-0.2, 0) is 22.4 Å². The first kappa shape index (κ1) is 22.6. The number of ketones is 1. The SMILES string of the molecule is C=C(C)Cc1cc(C)ccc1CC(C)=O.COC(C)(C)C(C)(C)O. The molecule has 0 aliphatic heterocycles. The van der Waals surface area contributed by atoms with E-state index in [9.17, 15) is 9.90 Å². The van der Waals surface area contributed by atoms with E-state index < -0.39 is 11.2 Å². The lowest BCUT2D eigenvalue weighted by atomic mass is 9.90. The van der Waals surface area contributed by atoms with Crippen molar-refractivity contribution < 1.29 is 14.6 Å². The summed E-state index contributed by atoms with van der Waals surface area (Å²) in [5.41, 5.74) is 3.49. The molecule has 1 rings (SSSR count). The first-order valence-corrected chi connectivity index (χ1v) is 8.30. The Morgan fingerprint density at radius 2 is 1.67 bits per heavy atom. The second-order valence-corrected chi connectivity index (χ2v) is 7.56. The van der Waals surface area contributed by atoms with Crippen molar-refractivity contribution in [2.24, 2.45) is 0 Å². The third-order valence-electron chi connectivity index (χ3n) is 4.28. The summed E-state index contributed by atoms with van der Waals surface area (Å²) in [5.74, 6) is 0.210. The van der Waals surface area contributed by atoms with Crippen LogP contribution >= 0.6 is 0 Å². The van der Waals surface area contributed by atoms with Crippen LogP contribution in [0.1, 0.15) is 58.2 Å². The van der Waals surface area contributed by atoms with Gasteiger partial charge in [-0.05, 0) is 66.0 Å². The normalized spacial score (nSPS) is 11.5. The van der Waals surface area contributed by atoms with Gasteiger partial charge in [0.15, 0.2) is 0 Å². The van der Waals surface area contributed by atoms with E-state index in [2.05, 4.69) is 31.7 Å². The lowest BCUT2D eigenvalue weighted by Crippen LogP contribution is -2.46. The predicted molar refractivity (Wildman–Crippen MR) is 101 cm³/mol. The van der Waals surface area contributed by atoms with Gasteiger partial charge in [0.2, 0.25) is 0 Å². The zero-order chi connectivity index (χ0) is 19.1. The molecule has 1 N–H and O–H groups in total. The fourth-order valence-corrected chi connectivity index (χ4v) is 1.93. The van der Waals surface area contributed by atoms with E-state index in [1.54, 1.807) is 27.9 Å². The van der Waals surface area contributed by atoms with Gasteiger partial charge in [-0.3, -0.25) is 4.79 Å². The molecule has 1 aromatic rings. The molecule has 0 bridgehead atoms. The maximum absolute atomic E-state index is 11.1. The van der Waals surface area contributed by atoms with Crippen molar-refractivity contribution in [2.75, 3.05) is 7.11 Å². The Kier molecular flexibility index (Phi) is 8.59. The zero-order valence-electron chi connectivity index (χ0n) is 16.6. The van der Waals surface area contributed by atoms with E-state index in [-0.39, 0.29) is 5.78 Å². The number of carbonyl (C=O) groups is 1. The number of carbonyl (C=O) groups excluding carboxylic acids is 1. The number of aliphatic hydroxyl groups is 1. The summed E-state index contributed by atoms with van der Waals surface area (Å²) >= 11 is 0. The fraction of sp³-hybridized carbons (Fsp3) is 0.571. The smallest absolute Gasteiger partial charge is 0.134 e. The van der Waals surface area contributed by atoms with Gasteiger partial charge in [0, 0.05) is 13.5 Å². The summed E-state index contributed by atoms with van der Waals surface area (Å²) in [6, 6.07) is 6.25. The number of Topliss-reactive ketones (excluding diaryl/α,β-unsaturated/α-hetero) is 1. The number of hydrogen-bond acceptors (Lipinski definition) is 3. The van der Waals surface area contributed by atoms with Crippen molar-refractivity contribution in [3.8, 4) is 0 Å². The summed E-state index contributed by atoms with van der Waals surface area (Å²) in [7, 11) is 1.60. The Balaban J connectivity index is 0.000000506. The van der Waals surface area contributed by atoms with Gasteiger partial charge >= 0.3 is 0 Å². The Hall–Kier alpha value is -1.45. The van der Waals surface area contributed by atoms with Gasteiger partial charge in [-0.1, -0.05) is 35.9 Å². The third kappa shape index (κ3) is 7.89. The number of hydrogen-bond donors (Lipinski definition) is 1. The van der Waals surface area contributed by atoms with E-state index in [0.29, 0.717) is 6.42 Å². The van der Waals surface area contributed by atoms with E-state index in [1.165, 1.54) is 11.1 Å². The minimum absolute atomic E-state index is 0.210. The van der Waals surface area contributed by atoms with Crippen molar-refractivity contribution in [3.63, 3.8) is 0 Å². The van der Waals surface area contributed by atoms with Crippen molar-refractivity contribution in [1.82, 2.24) is 0 Å². The molecule has 0 radical (unpaired) electrons. The molecule has 3 heteroatoms. The summed E-state index contributed by atoms with van der Waals surface area (Å²) in [5, 5.41) is 9.42. The lowest BCUT2D eigenvalue weighted by Gasteiger charge is -2.35. The molecule has 0 atom stereocenters. The zero-order valence-corrected chi connectivity index (χ0v) is 16.6. The van der Waals surface area contributed by atoms with Crippen LogP contribution in [0, 0.1) is 6.92 Å². The highest BCUT2D eigenvalue weighted by Gasteiger charge is 2.34. The van der Waals surface area contributed by atoms with Gasteiger partial charge in [0.1, 0.15) is 5.78 Å². The Bertz CT molecular complexity index is 563. The summed E-state index contributed by atoms with van der Waals surface area (Å²) in [4.78, 5) is 11.1. The number of rotatable bonds is 6. The van der Waals surface area contributed by atoms with Crippen molar-refractivity contribution >= 4 is 5.78 Å². The molecule has 0 heterocycles. The highest BCUT2D eigenvalue weighted by molar-refractivity contribution is 5.78. The van der Waals surface area contributed by atoms with E-state index in [4.69, 9.17) is 4.74 Å². The van der Waals surface area contributed by atoms with Crippen LogP contribution in [0.15, 0.2) is 30.4 Å². The lowest BCUT2D eigenvalue weighted by molar-refractivity contribution is -0.129. The van der Waals surface area contributed by atoms with Crippen LogP contribution in [0.25, 0.3) is 0 Å². The highest BCUT2D eigenvalue weighted by atomic mass is 16.5. The molecule has 3 nitrogen and oxygen atoms in total. The molecule has 0 aliphatic carbocycles. The Morgan fingerprint density at radius 1 is 1.12 bits per heavy atom. The van der Waals surface area contributed by atoms with Crippen LogP contribution < -0.4 is 0 Å². The average Bonchev–Trinajstić information content (AvgIpc) is 2.40. The number of allylic oxidation sites excluding steroid dienone is 1. The molecule has 0 amide bonds. The summed E-state index contributed by atoms with van der Waals surface area (Å²) < 4.78 is 5.05. The maximum atomic E-state index is 11.1. The van der Waals surface area contributed by atoms with Crippen LogP contribution in [0.5, 0.6) is 0 Å². The molecule has 0 unspecified atom stereocenters. The van der Waals surface area contributed by atoms with Crippen molar-refractivity contribution in [2.45, 2.75) is 72.5 Å². The van der Waals surface area contributed by atoms with Crippen LogP contribution in [0.2, 0.25) is 0 Å². The highest BCUT2D eigenvalue weighted by Crippen LogP contribution is 2.23. The molecule has 0 saturated heterocycles. The monoisotopic (exact) mass is 334 g/mol. The quantitative estimate of drug-likeness (QED) is 0.783. The maximum Gasteiger partial charge on any atom is 0.134 e. The minimum Gasteiger partial charge on any atom is -0.387 e. The first-order valence-electron chi connectivity index (χ1n) is 8.30. The van der Waals surface area contributed by atoms with Gasteiger partial charge in [-0.25, -0.2) is 0 Å². The minimum atomic E-state index is -0.776. The molecule has 0 fully saturated rings. The Morgan fingerprint density at radius 3 is 2.00 bits per heavy atom. The molecular formula is C21H34O3. The van der Waals surface area contributed by atoms with Gasteiger partial charge < -0.3 is 9.84 Å². The van der Waals surface area contributed by atoms with Crippen molar-refractivity contribution in [1.29, 1.82) is 0 Å². The van der Waals surface area contributed by atoms with E-state index in [0.717, 1.165) is 17.6 Å². The van der Waals surface area contributed by atoms with Crippen LogP contribution in [0.3, 0.4) is 0 Å². The fourth-order valence-electron chi connectivity index (χ4n) is 1.93. The second-order valence-electron chi connectivity index (χ2n) is 7.56. The number of methoxy groups -OCH3 is 1. The molecule has 136 valence electrons. The van der Waals surface area contributed by atoms with Gasteiger partial charge in [-0.15, -0.1) is 0 Å². The molecular weight excluding hydrogens is 300 g/mol. The molecule has 0 spiro atoms. The van der Waals surface area contributed by atoms with Gasteiger partial charge in [0.05, 0.1) is 11.2 Å². The van der Waals surface area contributed by atoms with Gasteiger partial charge in [-0.2, -0.15) is 0 Å². The summed E-state index contributed by atoms with van der Waals surface area (Å²) in [6.07, 6.45) is 1.40.